The van der Waals surface area contributed by atoms with Crippen LogP contribution in [-0.2, 0) is 6.42 Å². The fraction of sp³-hybridized carbons (Fsp3) is 0.750. The summed E-state index contributed by atoms with van der Waals surface area (Å²) >= 11 is 0. The Labute approximate surface area is 189 Å². The molecule has 0 aliphatic rings. The fourth-order valence-electron chi connectivity index (χ4n) is 3.82. The average molecular weight is 472 g/mol. The standard InChI is InChI=1S/C24H42N2O2.BrH/c1-3-5-7-8-9-13-21-25(20-12-6-4-2)22-14-10-11-15-23-16-18-24(19-17-23)26(27)28;/h16-19H,3-15,20-22H2,1-2H3;1H. The van der Waals surface area contributed by atoms with Crippen molar-refractivity contribution in [2.24, 2.45) is 0 Å². The summed E-state index contributed by atoms with van der Waals surface area (Å²) in [5, 5.41) is 10.7. The summed E-state index contributed by atoms with van der Waals surface area (Å²) in [6, 6.07) is 7.04. The van der Waals surface area contributed by atoms with Crippen LogP contribution in [0.2, 0.25) is 0 Å². The highest BCUT2D eigenvalue weighted by molar-refractivity contribution is 5.32. The van der Waals surface area contributed by atoms with E-state index in [0.29, 0.717) is 0 Å². The monoisotopic (exact) mass is 470 g/mol. The number of halogens is 1. The van der Waals surface area contributed by atoms with E-state index in [1.807, 2.05) is 12.1 Å². The second kappa shape index (κ2) is 19.0. The van der Waals surface area contributed by atoms with E-state index >= 15 is 0 Å². The van der Waals surface area contributed by atoms with Gasteiger partial charge in [0, 0.05) is 12.1 Å². The van der Waals surface area contributed by atoms with Crippen molar-refractivity contribution in [2.75, 3.05) is 19.6 Å². The van der Waals surface area contributed by atoms with Crippen LogP contribution in [-0.4, -0.2) is 24.6 Å². The number of hydrogen-bond donors (Lipinski definition) is 1. The maximum Gasteiger partial charge on any atom is 0.269 e. The van der Waals surface area contributed by atoms with Crippen molar-refractivity contribution in [1.29, 1.82) is 0 Å². The molecule has 1 N–H and O–H groups in total. The smallest absolute Gasteiger partial charge is 0.269 e. The van der Waals surface area contributed by atoms with Gasteiger partial charge in [-0.3, -0.25) is 10.1 Å². The second-order valence-electron chi connectivity index (χ2n) is 8.21. The van der Waals surface area contributed by atoms with E-state index in [-0.39, 0.29) is 27.6 Å². The Morgan fingerprint density at radius 2 is 1.17 bits per heavy atom. The summed E-state index contributed by atoms with van der Waals surface area (Å²) in [6.07, 6.45) is 17.1. The van der Waals surface area contributed by atoms with Gasteiger partial charge in [0.25, 0.3) is 5.69 Å². The molecular weight excluding hydrogens is 428 g/mol. The molecule has 1 aromatic rings. The highest BCUT2D eigenvalue weighted by atomic mass is 79.9. The van der Waals surface area contributed by atoms with Crippen molar-refractivity contribution in [3.8, 4) is 0 Å². The zero-order valence-electron chi connectivity index (χ0n) is 18.8. The number of non-ortho nitro benzene ring substituents is 1. The minimum Gasteiger partial charge on any atom is -1.00 e. The second-order valence-corrected chi connectivity index (χ2v) is 8.21. The van der Waals surface area contributed by atoms with Gasteiger partial charge in [0.2, 0.25) is 0 Å². The van der Waals surface area contributed by atoms with Crippen molar-refractivity contribution < 1.29 is 26.8 Å². The average Bonchev–Trinajstić information content (AvgIpc) is 2.70. The third-order valence-corrected chi connectivity index (χ3v) is 5.66. The molecule has 0 amide bonds. The van der Waals surface area contributed by atoms with Crippen LogP contribution in [0.1, 0.15) is 96.5 Å². The lowest BCUT2D eigenvalue weighted by Crippen LogP contribution is -3.12. The Morgan fingerprint density at radius 3 is 1.72 bits per heavy atom. The van der Waals surface area contributed by atoms with Crippen molar-refractivity contribution in [3.05, 3.63) is 39.9 Å². The molecule has 1 aromatic carbocycles. The normalized spacial score (nSPS) is 11.8. The number of quaternary nitrogens is 1. The third kappa shape index (κ3) is 14.6. The summed E-state index contributed by atoms with van der Waals surface area (Å²) in [5.74, 6) is 0. The number of hydrogen-bond acceptors (Lipinski definition) is 2. The van der Waals surface area contributed by atoms with Crippen LogP contribution < -0.4 is 21.9 Å². The first kappa shape index (κ1) is 28.1. The largest absolute Gasteiger partial charge is 1.00 e. The van der Waals surface area contributed by atoms with Gasteiger partial charge in [-0.05, 0) is 56.9 Å². The molecular formula is C24H43BrN2O2. The Morgan fingerprint density at radius 1 is 0.724 bits per heavy atom. The number of nitrogens with zero attached hydrogens (tertiary/aromatic N) is 1. The van der Waals surface area contributed by atoms with Crippen LogP contribution in [0.4, 0.5) is 5.69 Å². The van der Waals surface area contributed by atoms with Gasteiger partial charge < -0.3 is 21.9 Å². The number of unbranched alkanes of at least 4 members (excludes halogenated alkanes) is 9. The van der Waals surface area contributed by atoms with Crippen LogP contribution >= 0.6 is 0 Å². The van der Waals surface area contributed by atoms with Crippen molar-refractivity contribution >= 4 is 5.69 Å². The van der Waals surface area contributed by atoms with E-state index in [4.69, 9.17) is 0 Å². The Bertz CT molecular complexity index is 508. The molecule has 5 heteroatoms. The Balaban J connectivity index is 0.00000784. The van der Waals surface area contributed by atoms with Crippen LogP contribution in [0, 0.1) is 10.1 Å². The quantitative estimate of drug-likeness (QED) is 0.203. The summed E-state index contributed by atoms with van der Waals surface area (Å²) in [4.78, 5) is 12.2. The summed E-state index contributed by atoms with van der Waals surface area (Å²) in [7, 11) is 0. The number of benzene rings is 1. The van der Waals surface area contributed by atoms with E-state index in [2.05, 4.69) is 13.8 Å². The van der Waals surface area contributed by atoms with Crippen LogP contribution in [0.5, 0.6) is 0 Å². The number of nitro groups is 1. The number of nitrogens with one attached hydrogen (secondary N) is 1. The molecule has 0 radical (unpaired) electrons. The first-order chi connectivity index (χ1) is 13.7. The van der Waals surface area contributed by atoms with Gasteiger partial charge in [0.05, 0.1) is 24.6 Å². The zero-order chi connectivity index (χ0) is 20.5. The highest BCUT2D eigenvalue weighted by Crippen LogP contribution is 2.14. The molecule has 0 aliphatic heterocycles. The van der Waals surface area contributed by atoms with Gasteiger partial charge in [-0.2, -0.15) is 0 Å². The van der Waals surface area contributed by atoms with E-state index < -0.39 is 0 Å². The molecule has 29 heavy (non-hydrogen) atoms. The Hall–Kier alpha value is -0.940. The molecule has 1 atom stereocenters. The maximum atomic E-state index is 10.7. The molecule has 0 spiro atoms. The first-order valence-electron chi connectivity index (χ1n) is 11.7. The summed E-state index contributed by atoms with van der Waals surface area (Å²) < 4.78 is 0. The minimum absolute atomic E-state index is 0. The van der Waals surface area contributed by atoms with E-state index in [9.17, 15) is 10.1 Å². The van der Waals surface area contributed by atoms with Gasteiger partial charge in [0.1, 0.15) is 0 Å². The molecule has 0 heterocycles. The van der Waals surface area contributed by atoms with E-state index in [1.165, 1.54) is 102 Å². The molecule has 0 saturated carbocycles. The highest BCUT2D eigenvalue weighted by Gasteiger charge is 2.08. The van der Waals surface area contributed by atoms with Crippen LogP contribution in [0.25, 0.3) is 0 Å². The van der Waals surface area contributed by atoms with E-state index in [0.717, 1.165) is 6.42 Å². The lowest BCUT2D eigenvalue weighted by Gasteiger charge is -2.19. The molecule has 1 rings (SSSR count). The Kier molecular flexibility index (Phi) is 18.4. The predicted molar refractivity (Wildman–Crippen MR) is 119 cm³/mol. The van der Waals surface area contributed by atoms with Gasteiger partial charge in [-0.1, -0.05) is 58.1 Å². The van der Waals surface area contributed by atoms with Crippen LogP contribution in [0.15, 0.2) is 24.3 Å². The molecule has 168 valence electrons. The topological polar surface area (TPSA) is 47.6 Å². The SMILES string of the molecule is CCCCCCCC[NH+](CCCCC)CCCCCc1ccc([N+](=O)[O-])cc1.[Br-]. The van der Waals surface area contributed by atoms with Crippen molar-refractivity contribution in [3.63, 3.8) is 0 Å². The third-order valence-electron chi connectivity index (χ3n) is 5.66. The number of nitro benzene ring substituents is 1. The fourth-order valence-corrected chi connectivity index (χ4v) is 3.82. The number of rotatable bonds is 18. The zero-order valence-corrected chi connectivity index (χ0v) is 20.4. The molecule has 0 bridgehead atoms. The van der Waals surface area contributed by atoms with Crippen LogP contribution in [0.3, 0.4) is 0 Å². The lowest BCUT2D eigenvalue weighted by atomic mass is 10.1. The van der Waals surface area contributed by atoms with Gasteiger partial charge in [0.15, 0.2) is 0 Å². The van der Waals surface area contributed by atoms with E-state index in [1.54, 1.807) is 17.0 Å². The first-order valence-corrected chi connectivity index (χ1v) is 11.7. The summed E-state index contributed by atoms with van der Waals surface area (Å²) in [6.45, 7) is 8.55. The summed E-state index contributed by atoms with van der Waals surface area (Å²) in [5.41, 5.74) is 1.40. The lowest BCUT2D eigenvalue weighted by molar-refractivity contribution is -0.900. The number of aryl methyl sites for hydroxylation is 1. The minimum atomic E-state index is -0.330. The molecule has 0 aromatic heterocycles. The van der Waals surface area contributed by atoms with Gasteiger partial charge >= 0.3 is 0 Å². The van der Waals surface area contributed by atoms with Crippen molar-refractivity contribution in [2.45, 2.75) is 97.3 Å². The molecule has 0 saturated heterocycles. The molecule has 1 unspecified atom stereocenters. The van der Waals surface area contributed by atoms with Gasteiger partial charge in [-0.25, -0.2) is 0 Å². The molecule has 0 fully saturated rings. The molecule has 4 nitrogen and oxygen atoms in total. The molecule has 0 aliphatic carbocycles. The predicted octanol–water partition coefficient (Wildman–Crippen LogP) is 2.75. The van der Waals surface area contributed by atoms with Gasteiger partial charge in [-0.15, -0.1) is 0 Å². The maximum absolute atomic E-state index is 10.7. The van der Waals surface area contributed by atoms with Crippen molar-refractivity contribution in [1.82, 2.24) is 0 Å².